The van der Waals surface area contributed by atoms with Gasteiger partial charge in [-0.15, -0.1) is 0 Å². The van der Waals surface area contributed by atoms with Crippen LogP contribution in [0.15, 0.2) is 0 Å². The van der Waals surface area contributed by atoms with Crippen LogP contribution in [0, 0.1) is 11.3 Å². The lowest BCUT2D eigenvalue weighted by molar-refractivity contribution is -0.134. The molecule has 1 heterocycles. The van der Waals surface area contributed by atoms with Gasteiger partial charge in [-0.1, -0.05) is 20.8 Å². The number of hydrogen-bond donors (Lipinski definition) is 0. The number of carbonyl (C=O) groups is 1. The Hall–Kier alpha value is -0.530. The molecule has 1 aliphatic heterocycles. The fourth-order valence-corrected chi connectivity index (χ4v) is 1.77. The van der Waals surface area contributed by atoms with E-state index in [0.717, 1.165) is 0 Å². The molecule has 2 nitrogen and oxygen atoms in total. The first kappa shape index (κ1) is 8.57. The van der Waals surface area contributed by atoms with Crippen LogP contribution < -0.4 is 0 Å². The molecule has 1 saturated heterocycles. The van der Waals surface area contributed by atoms with E-state index < -0.39 is 0 Å². The Morgan fingerprint density at radius 3 is 1.91 bits per heavy atom. The summed E-state index contributed by atoms with van der Waals surface area (Å²) in [6.07, 6.45) is 0. The van der Waals surface area contributed by atoms with Crippen LogP contribution in [0.4, 0.5) is 0 Å². The number of likely N-dealkylation sites (tertiary alicyclic amines) is 1. The minimum Gasteiger partial charge on any atom is -0.342 e. The predicted molar refractivity (Wildman–Crippen MR) is 45.2 cm³/mol. The van der Waals surface area contributed by atoms with E-state index in [0.29, 0.717) is 12.0 Å². The molecule has 1 amide bonds. The quantitative estimate of drug-likeness (QED) is 0.519. The molecule has 1 fully saturated rings. The van der Waals surface area contributed by atoms with Gasteiger partial charge in [0.25, 0.3) is 0 Å². The van der Waals surface area contributed by atoms with E-state index in [9.17, 15) is 4.79 Å². The summed E-state index contributed by atoms with van der Waals surface area (Å²) in [7, 11) is 1.89. The summed E-state index contributed by atoms with van der Waals surface area (Å²) in [5, 5.41) is 0. The lowest BCUT2D eigenvalue weighted by atomic mass is 9.80. The molecule has 0 radical (unpaired) electrons. The van der Waals surface area contributed by atoms with Gasteiger partial charge in [0.2, 0.25) is 5.91 Å². The van der Waals surface area contributed by atoms with Crippen molar-refractivity contribution in [3.8, 4) is 0 Å². The maximum absolute atomic E-state index is 11.6. The first-order valence-corrected chi connectivity index (χ1v) is 4.16. The average molecular weight is 155 g/mol. The molecule has 11 heavy (non-hydrogen) atoms. The Bertz CT molecular complexity index is 186. The van der Waals surface area contributed by atoms with Crippen LogP contribution in [-0.4, -0.2) is 23.9 Å². The van der Waals surface area contributed by atoms with Crippen molar-refractivity contribution in [3.05, 3.63) is 0 Å². The second-order valence-corrected chi connectivity index (χ2v) is 4.17. The van der Waals surface area contributed by atoms with Crippen LogP contribution >= 0.6 is 0 Å². The summed E-state index contributed by atoms with van der Waals surface area (Å²) in [5.74, 6) is 0.734. The molecule has 0 aromatic carbocycles. The molecule has 1 rings (SSSR count). The largest absolute Gasteiger partial charge is 0.342 e. The molecule has 0 aromatic rings. The van der Waals surface area contributed by atoms with Gasteiger partial charge in [0.15, 0.2) is 0 Å². The molecule has 1 unspecified atom stereocenters. The van der Waals surface area contributed by atoms with E-state index in [-0.39, 0.29) is 11.3 Å². The Morgan fingerprint density at radius 2 is 1.82 bits per heavy atom. The summed E-state index contributed by atoms with van der Waals surface area (Å²) in [6, 6.07) is 0.387. The fraction of sp³-hybridized carbons (Fsp3) is 0.889. The summed E-state index contributed by atoms with van der Waals surface area (Å²) < 4.78 is 0. The Morgan fingerprint density at radius 1 is 1.36 bits per heavy atom. The van der Waals surface area contributed by atoms with E-state index >= 15 is 0 Å². The van der Waals surface area contributed by atoms with Crippen molar-refractivity contribution in [2.24, 2.45) is 11.3 Å². The monoisotopic (exact) mass is 155 g/mol. The minimum atomic E-state index is -0.159. The first-order chi connectivity index (χ1) is 4.89. The van der Waals surface area contributed by atoms with Gasteiger partial charge in [0.1, 0.15) is 0 Å². The zero-order valence-electron chi connectivity index (χ0n) is 8.01. The zero-order chi connectivity index (χ0) is 8.81. The standard InChI is InChI=1S/C9H17NO/c1-6-7(2)10(5)8(11)9(6,3)4/h6-7H,1-5H3/t6?,7-/m0/s1. The number of carbonyl (C=O) groups excluding carboxylic acids is 1. The Kier molecular flexibility index (Phi) is 1.73. The minimum absolute atomic E-state index is 0.159. The third-order valence-electron chi connectivity index (χ3n) is 3.34. The van der Waals surface area contributed by atoms with Crippen molar-refractivity contribution in [1.29, 1.82) is 0 Å². The van der Waals surface area contributed by atoms with Crippen molar-refractivity contribution in [2.75, 3.05) is 7.05 Å². The van der Waals surface area contributed by atoms with Gasteiger partial charge < -0.3 is 4.90 Å². The molecule has 0 bridgehead atoms. The Balaban J connectivity index is 2.96. The number of nitrogens with zero attached hydrogens (tertiary/aromatic N) is 1. The highest BCUT2D eigenvalue weighted by Crippen LogP contribution is 2.39. The summed E-state index contributed by atoms with van der Waals surface area (Å²) in [4.78, 5) is 13.4. The third-order valence-corrected chi connectivity index (χ3v) is 3.34. The van der Waals surface area contributed by atoms with E-state index in [4.69, 9.17) is 0 Å². The summed E-state index contributed by atoms with van der Waals surface area (Å²) >= 11 is 0. The third kappa shape index (κ3) is 0.959. The van der Waals surface area contributed by atoms with E-state index in [2.05, 4.69) is 13.8 Å². The second kappa shape index (κ2) is 2.23. The average Bonchev–Trinajstić information content (AvgIpc) is 2.06. The first-order valence-electron chi connectivity index (χ1n) is 4.16. The van der Waals surface area contributed by atoms with Crippen LogP contribution in [-0.2, 0) is 4.79 Å². The molecule has 2 atom stereocenters. The zero-order valence-corrected chi connectivity index (χ0v) is 8.01. The van der Waals surface area contributed by atoms with Gasteiger partial charge in [-0.3, -0.25) is 4.79 Å². The molecule has 1 aliphatic rings. The van der Waals surface area contributed by atoms with E-state index in [1.54, 1.807) is 0 Å². The lowest BCUT2D eigenvalue weighted by Gasteiger charge is -2.20. The van der Waals surface area contributed by atoms with Gasteiger partial charge in [0.05, 0.1) is 0 Å². The molecule has 0 spiro atoms. The number of hydrogen-bond acceptors (Lipinski definition) is 1. The highest BCUT2D eigenvalue weighted by Gasteiger charge is 2.47. The van der Waals surface area contributed by atoms with E-state index in [1.165, 1.54) is 0 Å². The fourth-order valence-electron chi connectivity index (χ4n) is 1.77. The SMILES string of the molecule is CC1[C@H](C)N(C)C(=O)C1(C)C. The van der Waals surface area contributed by atoms with Crippen molar-refractivity contribution in [3.63, 3.8) is 0 Å². The maximum atomic E-state index is 11.6. The molecule has 0 saturated carbocycles. The van der Waals surface area contributed by atoms with Gasteiger partial charge in [0, 0.05) is 18.5 Å². The summed E-state index contributed by atoms with van der Waals surface area (Å²) in [5.41, 5.74) is -0.159. The molecule has 0 aromatic heterocycles. The van der Waals surface area contributed by atoms with Crippen molar-refractivity contribution < 1.29 is 4.79 Å². The lowest BCUT2D eigenvalue weighted by Crippen LogP contribution is -2.29. The molecule has 0 N–H and O–H groups in total. The molecule has 64 valence electrons. The molecule has 2 heteroatoms. The summed E-state index contributed by atoms with van der Waals surface area (Å²) in [6.45, 7) is 8.31. The molecule has 0 aliphatic carbocycles. The topological polar surface area (TPSA) is 20.3 Å². The highest BCUT2D eigenvalue weighted by atomic mass is 16.2. The number of rotatable bonds is 0. The van der Waals surface area contributed by atoms with Crippen LogP contribution in [0.1, 0.15) is 27.7 Å². The predicted octanol–water partition coefficient (Wildman–Crippen LogP) is 1.51. The van der Waals surface area contributed by atoms with Crippen LogP contribution in [0.3, 0.4) is 0 Å². The Labute approximate surface area is 68.6 Å². The van der Waals surface area contributed by atoms with Crippen LogP contribution in [0.2, 0.25) is 0 Å². The molecular formula is C9H17NO. The second-order valence-electron chi connectivity index (χ2n) is 4.17. The van der Waals surface area contributed by atoms with Gasteiger partial charge >= 0.3 is 0 Å². The van der Waals surface area contributed by atoms with Crippen LogP contribution in [0.25, 0.3) is 0 Å². The van der Waals surface area contributed by atoms with Gasteiger partial charge in [-0.2, -0.15) is 0 Å². The maximum Gasteiger partial charge on any atom is 0.228 e. The van der Waals surface area contributed by atoms with E-state index in [1.807, 2.05) is 25.8 Å². The van der Waals surface area contributed by atoms with Crippen molar-refractivity contribution in [1.82, 2.24) is 4.90 Å². The number of amides is 1. The van der Waals surface area contributed by atoms with Gasteiger partial charge in [-0.05, 0) is 12.8 Å². The van der Waals surface area contributed by atoms with Gasteiger partial charge in [-0.25, -0.2) is 0 Å². The smallest absolute Gasteiger partial charge is 0.228 e. The molecular weight excluding hydrogens is 138 g/mol. The van der Waals surface area contributed by atoms with Crippen LogP contribution in [0.5, 0.6) is 0 Å². The normalized spacial score (nSPS) is 36.5. The van der Waals surface area contributed by atoms with Crippen molar-refractivity contribution in [2.45, 2.75) is 33.7 Å². The highest BCUT2D eigenvalue weighted by molar-refractivity contribution is 5.84. The van der Waals surface area contributed by atoms with Crippen molar-refractivity contribution >= 4 is 5.91 Å².